The van der Waals surface area contributed by atoms with Gasteiger partial charge in [-0.2, -0.15) is 0 Å². The number of guanidine groups is 1. The van der Waals surface area contributed by atoms with Gasteiger partial charge in [0.15, 0.2) is 5.96 Å². The zero-order valence-corrected chi connectivity index (χ0v) is 13.6. The summed E-state index contributed by atoms with van der Waals surface area (Å²) < 4.78 is 13.4. The number of nitrogens with one attached hydrogen (secondary N) is 1. The largest absolute Gasteiger partial charge is 0.392 e. The van der Waals surface area contributed by atoms with Gasteiger partial charge in [0.25, 0.3) is 0 Å². The topological polar surface area (TPSA) is 70.6 Å². The Bertz CT molecular complexity index is 758. The molecule has 4 N–H and O–H groups in total. The standard InChI is InChI=1S/C19H22FN3O/c20-17-9-8-13(10-15(17)12-24)11-22-19(21)23-18-7-3-5-14-4-1-2-6-16(14)18/h3,5,7-10,24H,1-2,4,6,11-12H2,(H3,21,22,23). The number of benzene rings is 2. The minimum atomic E-state index is -0.410. The molecule has 0 saturated heterocycles. The van der Waals surface area contributed by atoms with Crippen molar-refractivity contribution in [3.8, 4) is 0 Å². The molecule has 0 fully saturated rings. The molecule has 0 unspecified atom stereocenters. The van der Waals surface area contributed by atoms with Crippen LogP contribution in [0, 0.1) is 5.82 Å². The lowest BCUT2D eigenvalue weighted by Gasteiger charge is -2.19. The van der Waals surface area contributed by atoms with E-state index >= 15 is 0 Å². The predicted octanol–water partition coefficient (Wildman–Crippen LogP) is 3.12. The van der Waals surface area contributed by atoms with Crippen LogP contribution < -0.4 is 11.1 Å². The van der Waals surface area contributed by atoms with Crippen LogP contribution in [0.3, 0.4) is 0 Å². The third kappa shape index (κ3) is 3.74. The summed E-state index contributed by atoms with van der Waals surface area (Å²) in [5.41, 5.74) is 10.8. The van der Waals surface area contributed by atoms with Gasteiger partial charge in [-0.3, -0.25) is 0 Å². The van der Waals surface area contributed by atoms with Crippen LogP contribution in [-0.4, -0.2) is 11.1 Å². The Labute approximate surface area is 141 Å². The average Bonchev–Trinajstić information content (AvgIpc) is 2.61. The van der Waals surface area contributed by atoms with Crippen molar-refractivity contribution in [1.82, 2.24) is 0 Å². The van der Waals surface area contributed by atoms with Gasteiger partial charge in [0.05, 0.1) is 13.2 Å². The second-order valence-corrected chi connectivity index (χ2v) is 6.06. The Morgan fingerprint density at radius 3 is 2.88 bits per heavy atom. The van der Waals surface area contributed by atoms with Gasteiger partial charge in [-0.25, -0.2) is 9.38 Å². The van der Waals surface area contributed by atoms with Crippen molar-refractivity contribution >= 4 is 11.6 Å². The van der Waals surface area contributed by atoms with Gasteiger partial charge in [-0.05, 0) is 60.6 Å². The predicted molar refractivity (Wildman–Crippen MR) is 94.4 cm³/mol. The SMILES string of the molecule is NC(=NCc1ccc(F)c(CO)c1)Nc1cccc2c1CCCC2. The zero-order valence-electron chi connectivity index (χ0n) is 13.6. The Morgan fingerprint density at radius 2 is 2.04 bits per heavy atom. The lowest BCUT2D eigenvalue weighted by Crippen LogP contribution is -2.24. The molecule has 4 nitrogen and oxygen atoms in total. The molecule has 2 aromatic rings. The lowest BCUT2D eigenvalue weighted by molar-refractivity contribution is 0.275. The first-order valence-electron chi connectivity index (χ1n) is 8.23. The highest BCUT2D eigenvalue weighted by Gasteiger charge is 2.13. The van der Waals surface area contributed by atoms with Crippen LogP contribution >= 0.6 is 0 Å². The summed E-state index contributed by atoms with van der Waals surface area (Å²) in [5, 5.41) is 12.3. The van der Waals surface area contributed by atoms with E-state index in [0.29, 0.717) is 12.5 Å². The first-order chi connectivity index (χ1) is 11.7. The number of fused-ring (bicyclic) bond motifs is 1. The number of halogens is 1. The summed E-state index contributed by atoms with van der Waals surface area (Å²) in [6.45, 7) is 0.00834. The number of nitrogens with two attached hydrogens (primary N) is 1. The Morgan fingerprint density at radius 1 is 1.21 bits per heavy atom. The van der Waals surface area contributed by atoms with E-state index in [2.05, 4.69) is 16.4 Å². The van der Waals surface area contributed by atoms with E-state index in [-0.39, 0.29) is 12.2 Å². The maximum atomic E-state index is 13.4. The normalized spacial score (nSPS) is 14.3. The van der Waals surface area contributed by atoms with Gasteiger partial charge in [0, 0.05) is 11.3 Å². The van der Waals surface area contributed by atoms with Crippen LogP contribution in [0.1, 0.15) is 35.1 Å². The summed E-state index contributed by atoms with van der Waals surface area (Å²) in [5.74, 6) is -0.0731. The van der Waals surface area contributed by atoms with Crippen LogP contribution in [0.2, 0.25) is 0 Å². The molecule has 0 amide bonds. The average molecular weight is 327 g/mol. The number of nitrogens with zero attached hydrogens (tertiary/aromatic N) is 1. The molecular weight excluding hydrogens is 305 g/mol. The van der Waals surface area contributed by atoms with Gasteiger partial charge < -0.3 is 16.2 Å². The van der Waals surface area contributed by atoms with E-state index in [0.717, 1.165) is 24.1 Å². The molecule has 0 heterocycles. The van der Waals surface area contributed by atoms with Crippen LogP contribution in [0.15, 0.2) is 41.4 Å². The highest BCUT2D eigenvalue weighted by Crippen LogP contribution is 2.27. The van der Waals surface area contributed by atoms with Crippen molar-refractivity contribution < 1.29 is 9.50 Å². The molecule has 1 aliphatic carbocycles. The first-order valence-corrected chi connectivity index (χ1v) is 8.23. The smallest absolute Gasteiger partial charge is 0.193 e. The van der Waals surface area contributed by atoms with Crippen LogP contribution in [0.4, 0.5) is 10.1 Å². The number of aliphatic hydroxyl groups excluding tert-OH is 1. The van der Waals surface area contributed by atoms with Gasteiger partial charge in [-0.1, -0.05) is 18.2 Å². The molecule has 5 heteroatoms. The van der Waals surface area contributed by atoms with E-state index in [1.807, 2.05) is 12.1 Å². The van der Waals surface area contributed by atoms with Crippen molar-refractivity contribution in [3.05, 3.63) is 64.5 Å². The number of aliphatic hydroxyl groups is 1. The Hall–Kier alpha value is -2.40. The molecule has 3 rings (SSSR count). The van der Waals surface area contributed by atoms with Gasteiger partial charge in [0.1, 0.15) is 5.82 Å². The minimum absolute atomic E-state index is 0.270. The van der Waals surface area contributed by atoms with E-state index in [4.69, 9.17) is 10.8 Å². The highest BCUT2D eigenvalue weighted by atomic mass is 19.1. The maximum Gasteiger partial charge on any atom is 0.193 e. The molecule has 0 aromatic heterocycles. The molecule has 0 aliphatic heterocycles. The van der Waals surface area contributed by atoms with Gasteiger partial charge in [-0.15, -0.1) is 0 Å². The number of anilines is 1. The Balaban J connectivity index is 1.71. The second kappa shape index (κ2) is 7.45. The molecule has 0 bridgehead atoms. The van der Waals surface area contributed by atoms with Gasteiger partial charge >= 0.3 is 0 Å². The van der Waals surface area contributed by atoms with E-state index in [1.165, 1.54) is 30.0 Å². The van der Waals surface area contributed by atoms with E-state index < -0.39 is 5.82 Å². The molecule has 0 radical (unpaired) electrons. The van der Waals surface area contributed by atoms with Crippen LogP contribution in [0.5, 0.6) is 0 Å². The lowest BCUT2D eigenvalue weighted by atomic mass is 9.90. The molecule has 2 aromatic carbocycles. The van der Waals surface area contributed by atoms with Gasteiger partial charge in [0.2, 0.25) is 0 Å². The third-order valence-electron chi connectivity index (χ3n) is 4.37. The highest BCUT2D eigenvalue weighted by molar-refractivity contribution is 5.93. The number of hydrogen-bond acceptors (Lipinski definition) is 2. The molecule has 1 aliphatic rings. The molecule has 0 atom stereocenters. The number of aryl methyl sites for hydroxylation is 1. The summed E-state index contributed by atoms with van der Waals surface area (Å²) >= 11 is 0. The fourth-order valence-corrected chi connectivity index (χ4v) is 3.10. The minimum Gasteiger partial charge on any atom is -0.392 e. The zero-order chi connectivity index (χ0) is 16.9. The summed E-state index contributed by atoms with van der Waals surface area (Å²) in [6.07, 6.45) is 4.60. The van der Waals surface area contributed by atoms with Crippen molar-refractivity contribution in [2.45, 2.75) is 38.8 Å². The number of aliphatic imine (C=N–C) groups is 1. The van der Waals surface area contributed by atoms with Crippen molar-refractivity contribution in [1.29, 1.82) is 0 Å². The molecule has 126 valence electrons. The van der Waals surface area contributed by atoms with Crippen molar-refractivity contribution in [2.75, 3.05) is 5.32 Å². The number of rotatable bonds is 4. The maximum absolute atomic E-state index is 13.4. The molecule has 0 saturated carbocycles. The van der Waals surface area contributed by atoms with Crippen molar-refractivity contribution in [3.63, 3.8) is 0 Å². The summed E-state index contributed by atoms with van der Waals surface area (Å²) in [6, 6.07) is 10.8. The third-order valence-corrected chi connectivity index (χ3v) is 4.37. The number of hydrogen-bond donors (Lipinski definition) is 3. The Kier molecular flexibility index (Phi) is 5.11. The summed E-state index contributed by atoms with van der Waals surface area (Å²) in [4.78, 5) is 4.32. The van der Waals surface area contributed by atoms with E-state index in [9.17, 15) is 4.39 Å². The molecular formula is C19H22FN3O. The van der Waals surface area contributed by atoms with E-state index in [1.54, 1.807) is 12.1 Å². The van der Waals surface area contributed by atoms with Crippen molar-refractivity contribution in [2.24, 2.45) is 10.7 Å². The quantitative estimate of drug-likeness (QED) is 0.597. The fraction of sp³-hybridized carbons (Fsp3) is 0.316. The first kappa shape index (κ1) is 16.5. The molecule has 24 heavy (non-hydrogen) atoms. The summed E-state index contributed by atoms with van der Waals surface area (Å²) in [7, 11) is 0. The second-order valence-electron chi connectivity index (χ2n) is 6.06. The van der Waals surface area contributed by atoms with Crippen LogP contribution in [-0.2, 0) is 26.0 Å². The monoisotopic (exact) mass is 327 g/mol. The fourth-order valence-electron chi connectivity index (χ4n) is 3.10. The molecule has 0 spiro atoms. The van der Waals surface area contributed by atoms with Crippen LogP contribution in [0.25, 0.3) is 0 Å².